The second-order valence-electron chi connectivity index (χ2n) is 6.69. The molecule has 0 saturated heterocycles. The number of thioether (sulfide) groups is 1. The van der Waals surface area contributed by atoms with Gasteiger partial charge in [-0.3, -0.25) is 9.89 Å². The molecule has 1 amide bonds. The highest BCUT2D eigenvalue weighted by atomic mass is 32.2. The van der Waals surface area contributed by atoms with Crippen molar-refractivity contribution in [1.82, 2.24) is 24.8 Å². The number of hydrogen-bond donors (Lipinski definition) is 2. The van der Waals surface area contributed by atoms with E-state index in [4.69, 9.17) is 0 Å². The van der Waals surface area contributed by atoms with Gasteiger partial charge in [0.25, 0.3) is 0 Å². The monoisotopic (exact) mass is 418 g/mol. The third-order valence-electron chi connectivity index (χ3n) is 4.83. The van der Waals surface area contributed by atoms with Crippen molar-refractivity contribution in [2.24, 2.45) is 5.92 Å². The van der Waals surface area contributed by atoms with Crippen molar-refractivity contribution in [3.8, 4) is 11.3 Å². The number of fused-ring (bicyclic) bond motifs is 2. The Hall–Kier alpha value is -3.08. The predicted octanol–water partition coefficient (Wildman–Crippen LogP) is 3.57. The highest BCUT2D eigenvalue weighted by molar-refractivity contribution is 7.98. The normalized spacial score (nSPS) is 18.5. The van der Waals surface area contributed by atoms with Gasteiger partial charge in [0.05, 0.1) is 28.9 Å². The Balaban J connectivity index is 1.60. The van der Waals surface area contributed by atoms with E-state index in [1.54, 1.807) is 18.4 Å². The van der Waals surface area contributed by atoms with E-state index in [0.29, 0.717) is 22.3 Å². The van der Waals surface area contributed by atoms with Crippen molar-refractivity contribution in [3.63, 3.8) is 0 Å². The van der Waals surface area contributed by atoms with Gasteiger partial charge in [0.2, 0.25) is 5.91 Å². The summed E-state index contributed by atoms with van der Waals surface area (Å²) in [7, 11) is 0. The molecule has 1 fully saturated rings. The second-order valence-corrected chi connectivity index (χ2v) is 7.51. The van der Waals surface area contributed by atoms with Crippen LogP contribution in [0.3, 0.4) is 0 Å². The maximum Gasteiger partial charge on any atom is 0.231 e. The minimum Gasteiger partial charge on any atom is -0.309 e. The van der Waals surface area contributed by atoms with Crippen LogP contribution >= 0.6 is 11.8 Å². The topological polar surface area (TPSA) is 88.0 Å². The van der Waals surface area contributed by atoms with Gasteiger partial charge in [0.1, 0.15) is 11.7 Å². The van der Waals surface area contributed by atoms with E-state index in [2.05, 4.69) is 25.6 Å². The number of amides is 1. The number of nitrogens with one attached hydrogen (secondary N) is 2. The molecule has 0 bridgehead atoms. The van der Waals surface area contributed by atoms with Gasteiger partial charge >= 0.3 is 0 Å². The molecule has 5 rings (SSSR count). The molecule has 2 atom stereocenters. The Bertz CT molecular complexity index is 1290. The Morgan fingerprint density at radius 2 is 2.14 bits per heavy atom. The van der Waals surface area contributed by atoms with E-state index >= 15 is 0 Å². The first-order chi connectivity index (χ1) is 14.0. The zero-order valence-corrected chi connectivity index (χ0v) is 15.7. The number of anilines is 1. The Kier molecular flexibility index (Phi) is 4.02. The molecule has 4 aromatic rings. The first-order valence-electron chi connectivity index (χ1n) is 8.67. The van der Waals surface area contributed by atoms with E-state index in [0.717, 1.165) is 11.8 Å². The van der Waals surface area contributed by atoms with Crippen LogP contribution in [0.4, 0.5) is 19.0 Å². The largest absolute Gasteiger partial charge is 0.309 e. The molecule has 0 aliphatic heterocycles. The summed E-state index contributed by atoms with van der Waals surface area (Å²) in [5.74, 6) is -2.79. The van der Waals surface area contributed by atoms with Crippen LogP contribution in [0, 0.1) is 17.6 Å². The van der Waals surface area contributed by atoms with Gasteiger partial charge in [-0.05, 0) is 24.8 Å². The molecule has 3 heterocycles. The zero-order chi connectivity index (χ0) is 20.3. The molecule has 1 aromatic carbocycles. The minimum atomic E-state index is -1.10. The number of alkyl halides is 1. The lowest BCUT2D eigenvalue weighted by atomic mass is 10.1. The zero-order valence-electron chi connectivity index (χ0n) is 14.9. The molecule has 148 valence electrons. The van der Waals surface area contributed by atoms with E-state index in [1.807, 2.05) is 0 Å². The van der Waals surface area contributed by atoms with E-state index in [1.165, 1.54) is 16.9 Å². The quantitative estimate of drug-likeness (QED) is 0.495. The SMILES string of the molecule is CSc1c(F)c(F)c2[nH]ncc2c1-c1ccc2nc(NC(=O)[C@@H]3C[C@@H]3F)cn2n1. The minimum absolute atomic E-state index is 0.0407. The first-order valence-corrected chi connectivity index (χ1v) is 9.90. The fraction of sp³-hybridized carbons (Fsp3) is 0.222. The summed E-state index contributed by atoms with van der Waals surface area (Å²) in [4.78, 5) is 16.3. The lowest BCUT2D eigenvalue weighted by Gasteiger charge is -2.11. The first kappa shape index (κ1) is 18.0. The van der Waals surface area contributed by atoms with E-state index < -0.39 is 29.6 Å². The average Bonchev–Trinajstić information content (AvgIpc) is 3.09. The lowest BCUT2D eigenvalue weighted by molar-refractivity contribution is -0.117. The highest BCUT2D eigenvalue weighted by Crippen LogP contribution is 2.39. The van der Waals surface area contributed by atoms with Crippen LogP contribution in [0.5, 0.6) is 0 Å². The molecule has 11 heteroatoms. The van der Waals surface area contributed by atoms with Gasteiger partial charge < -0.3 is 5.32 Å². The smallest absolute Gasteiger partial charge is 0.231 e. The van der Waals surface area contributed by atoms with Crippen LogP contribution in [0.15, 0.2) is 29.4 Å². The molecule has 0 radical (unpaired) electrons. The summed E-state index contributed by atoms with van der Waals surface area (Å²) in [6.45, 7) is 0. The van der Waals surface area contributed by atoms with Crippen LogP contribution < -0.4 is 5.32 Å². The number of aromatic amines is 1. The Morgan fingerprint density at radius 3 is 2.86 bits per heavy atom. The van der Waals surface area contributed by atoms with Crippen molar-refractivity contribution in [2.45, 2.75) is 17.5 Å². The van der Waals surface area contributed by atoms with Gasteiger partial charge in [-0.2, -0.15) is 10.2 Å². The number of rotatable bonds is 4. The molecule has 1 aliphatic rings. The van der Waals surface area contributed by atoms with Crippen molar-refractivity contribution < 1.29 is 18.0 Å². The maximum absolute atomic E-state index is 14.6. The molecular formula is C18H13F3N6OS. The fourth-order valence-electron chi connectivity index (χ4n) is 3.26. The second kappa shape index (κ2) is 6.48. The van der Waals surface area contributed by atoms with Gasteiger partial charge in [-0.15, -0.1) is 11.8 Å². The molecule has 1 aliphatic carbocycles. The highest BCUT2D eigenvalue weighted by Gasteiger charge is 2.43. The van der Waals surface area contributed by atoms with Crippen molar-refractivity contribution in [1.29, 1.82) is 0 Å². The molecule has 2 N–H and O–H groups in total. The number of aromatic nitrogens is 5. The summed E-state index contributed by atoms with van der Waals surface area (Å²) in [5, 5.41) is 13.7. The van der Waals surface area contributed by atoms with Crippen LogP contribution in [-0.4, -0.2) is 43.1 Å². The van der Waals surface area contributed by atoms with Crippen molar-refractivity contribution >= 4 is 40.0 Å². The summed E-state index contributed by atoms with van der Waals surface area (Å²) in [6.07, 6.45) is 3.66. The molecule has 3 aromatic heterocycles. The number of nitrogens with zero attached hydrogens (tertiary/aromatic N) is 4. The summed E-state index contributed by atoms with van der Waals surface area (Å²) in [6, 6.07) is 3.27. The summed E-state index contributed by atoms with van der Waals surface area (Å²) >= 11 is 1.06. The van der Waals surface area contributed by atoms with Gasteiger partial charge in [-0.1, -0.05) is 0 Å². The van der Waals surface area contributed by atoms with E-state index in [9.17, 15) is 18.0 Å². The van der Waals surface area contributed by atoms with E-state index in [-0.39, 0.29) is 22.7 Å². The lowest BCUT2D eigenvalue weighted by Crippen LogP contribution is -2.15. The predicted molar refractivity (Wildman–Crippen MR) is 101 cm³/mol. The third-order valence-corrected chi connectivity index (χ3v) is 5.62. The number of halogens is 3. The number of H-pyrrole nitrogens is 1. The number of hydrogen-bond acceptors (Lipinski definition) is 5. The summed E-state index contributed by atoms with van der Waals surface area (Å²) < 4.78 is 43.3. The molecular weight excluding hydrogens is 405 g/mol. The maximum atomic E-state index is 14.6. The molecule has 7 nitrogen and oxygen atoms in total. The van der Waals surface area contributed by atoms with Gasteiger partial charge in [-0.25, -0.2) is 22.7 Å². The number of imidazole rings is 1. The number of benzene rings is 1. The van der Waals surface area contributed by atoms with Crippen LogP contribution in [0.2, 0.25) is 0 Å². The van der Waals surface area contributed by atoms with Crippen molar-refractivity contribution in [3.05, 3.63) is 36.2 Å². The Labute approximate surface area is 165 Å². The third kappa shape index (κ3) is 2.84. The number of carbonyl (C=O) groups is 1. The van der Waals surface area contributed by atoms with Crippen LogP contribution in [-0.2, 0) is 4.79 Å². The van der Waals surface area contributed by atoms with Crippen LogP contribution in [0.25, 0.3) is 27.8 Å². The standard InChI is InChI=1S/C18H13F3N6OS/c1-29-17-13(8-5-22-25-16(8)14(20)15(17)21)10-2-3-12-23-11(6-27(12)26-10)24-18(28)7-4-9(7)19/h2-3,5-7,9H,4H2,1H3,(H,22,25)(H,24,28)/t7-,9+/m1/s1. The van der Waals surface area contributed by atoms with Crippen LogP contribution in [0.1, 0.15) is 6.42 Å². The van der Waals surface area contributed by atoms with Crippen molar-refractivity contribution in [2.75, 3.05) is 11.6 Å². The molecule has 1 saturated carbocycles. The number of carbonyl (C=O) groups excluding carboxylic acids is 1. The Morgan fingerprint density at radius 1 is 1.34 bits per heavy atom. The molecule has 0 spiro atoms. The molecule has 29 heavy (non-hydrogen) atoms. The van der Waals surface area contributed by atoms with Gasteiger partial charge in [0, 0.05) is 10.9 Å². The van der Waals surface area contributed by atoms with Gasteiger partial charge in [0.15, 0.2) is 23.1 Å². The summed E-state index contributed by atoms with van der Waals surface area (Å²) in [5.41, 5.74) is 1.18. The fourth-order valence-corrected chi connectivity index (χ4v) is 3.95. The molecule has 0 unspecified atom stereocenters. The average molecular weight is 418 g/mol.